The molecule has 0 bridgehead atoms. The number of benzene rings is 1. The van der Waals surface area contributed by atoms with Crippen molar-refractivity contribution in [3.8, 4) is 11.8 Å². The van der Waals surface area contributed by atoms with Crippen LogP contribution >= 0.6 is 11.6 Å². The van der Waals surface area contributed by atoms with Crippen molar-refractivity contribution in [2.75, 3.05) is 6.54 Å². The van der Waals surface area contributed by atoms with Gasteiger partial charge in [-0.3, -0.25) is 0 Å². The Labute approximate surface area is 134 Å². The molecule has 6 heteroatoms. The molecule has 2 rings (SSSR count). The lowest BCUT2D eigenvalue weighted by Gasteiger charge is -2.18. The van der Waals surface area contributed by atoms with Crippen molar-refractivity contribution in [1.82, 2.24) is 15.3 Å². The van der Waals surface area contributed by atoms with E-state index in [0.717, 1.165) is 16.5 Å². The first-order valence-electron chi connectivity index (χ1n) is 6.71. The van der Waals surface area contributed by atoms with Gasteiger partial charge in [0.05, 0.1) is 12.1 Å². The van der Waals surface area contributed by atoms with Gasteiger partial charge in [-0.1, -0.05) is 23.4 Å². The number of alkyl carbamates (subject to hydrolysis) is 1. The minimum atomic E-state index is -0.521. The van der Waals surface area contributed by atoms with Gasteiger partial charge in [0.15, 0.2) is 0 Å². The highest BCUT2D eigenvalue weighted by Gasteiger charge is 2.14. The number of amides is 1. The Hall–Kier alpha value is -2.32. The Morgan fingerprint density at radius 3 is 2.86 bits per heavy atom. The predicted molar refractivity (Wildman–Crippen MR) is 85.7 cm³/mol. The third-order valence-electron chi connectivity index (χ3n) is 2.54. The molecule has 5 nitrogen and oxygen atoms in total. The van der Waals surface area contributed by atoms with E-state index in [9.17, 15) is 4.79 Å². The van der Waals surface area contributed by atoms with Crippen molar-refractivity contribution in [3.63, 3.8) is 0 Å². The van der Waals surface area contributed by atoms with Crippen molar-refractivity contribution in [2.45, 2.75) is 26.4 Å². The average Bonchev–Trinajstić information content (AvgIpc) is 2.42. The Balaban J connectivity index is 2.00. The summed E-state index contributed by atoms with van der Waals surface area (Å²) in [6.07, 6.45) is 0.928. The van der Waals surface area contributed by atoms with Crippen LogP contribution in [-0.4, -0.2) is 28.2 Å². The van der Waals surface area contributed by atoms with Gasteiger partial charge < -0.3 is 10.1 Å². The molecule has 0 aliphatic rings. The second-order valence-electron chi connectivity index (χ2n) is 5.55. The summed E-state index contributed by atoms with van der Waals surface area (Å²) in [4.78, 5) is 19.5. The number of rotatable bonds is 1. The number of ether oxygens (including phenoxy) is 1. The standard InChI is InChI=1S/C16H16ClN3O2/c1-16(2,3)22-15(21)18-8-4-5-11-6-7-13-12(9-11)14(17)20-10-19-13/h6-7,9-10H,8H2,1-3H3,(H,18,21). The fourth-order valence-corrected chi connectivity index (χ4v) is 1.87. The summed E-state index contributed by atoms with van der Waals surface area (Å²) in [5.74, 6) is 5.80. The van der Waals surface area contributed by atoms with E-state index in [0.29, 0.717) is 5.15 Å². The summed E-state index contributed by atoms with van der Waals surface area (Å²) in [6, 6.07) is 5.48. The van der Waals surface area contributed by atoms with Gasteiger partial charge in [0, 0.05) is 10.9 Å². The van der Waals surface area contributed by atoms with E-state index in [1.54, 1.807) is 20.8 Å². The molecule has 0 spiro atoms. The van der Waals surface area contributed by atoms with Crippen molar-refractivity contribution < 1.29 is 9.53 Å². The maximum atomic E-state index is 11.5. The largest absolute Gasteiger partial charge is 0.444 e. The van der Waals surface area contributed by atoms with Crippen LogP contribution in [0.3, 0.4) is 0 Å². The van der Waals surface area contributed by atoms with Gasteiger partial charge in [-0.15, -0.1) is 0 Å². The molecule has 0 aliphatic heterocycles. The van der Waals surface area contributed by atoms with E-state index >= 15 is 0 Å². The molecule has 1 aromatic carbocycles. The SMILES string of the molecule is CC(C)(C)OC(=O)NCC#Cc1ccc2ncnc(Cl)c2c1. The number of carbonyl (C=O) groups is 1. The Bertz CT molecular complexity index is 757. The topological polar surface area (TPSA) is 64.1 Å². The molecule has 0 atom stereocenters. The van der Waals surface area contributed by atoms with Gasteiger partial charge >= 0.3 is 6.09 Å². The maximum Gasteiger partial charge on any atom is 0.408 e. The van der Waals surface area contributed by atoms with Gasteiger partial charge in [0.1, 0.15) is 17.1 Å². The van der Waals surface area contributed by atoms with Crippen molar-refractivity contribution >= 4 is 28.6 Å². The monoisotopic (exact) mass is 317 g/mol. The van der Waals surface area contributed by atoms with E-state index in [4.69, 9.17) is 16.3 Å². The molecule has 0 saturated heterocycles. The van der Waals surface area contributed by atoms with E-state index in [-0.39, 0.29) is 6.54 Å². The molecule has 1 amide bonds. The lowest BCUT2D eigenvalue weighted by Crippen LogP contribution is -2.32. The Kier molecular flexibility index (Phi) is 4.84. The molecule has 0 radical (unpaired) electrons. The minimum Gasteiger partial charge on any atom is -0.444 e. The second-order valence-corrected chi connectivity index (χ2v) is 5.91. The highest BCUT2D eigenvalue weighted by atomic mass is 35.5. The first-order chi connectivity index (χ1) is 10.3. The normalized spacial score (nSPS) is 10.7. The maximum absolute atomic E-state index is 11.5. The van der Waals surface area contributed by atoms with Crippen molar-refractivity contribution in [1.29, 1.82) is 0 Å². The number of nitrogens with zero attached hydrogens (tertiary/aromatic N) is 2. The molecular formula is C16H16ClN3O2. The van der Waals surface area contributed by atoms with Crippen LogP contribution in [0.2, 0.25) is 5.15 Å². The van der Waals surface area contributed by atoms with Crippen LogP contribution in [0.15, 0.2) is 24.5 Å². The van der Waals surface area contributed by atoms with Crippen LogP contribution in [0.4, 0.5) is 4.79 Å². The number of nitrogens with one attached hydrogen (secondary N) is 1. The van der Waals surface area contributed by atoms with Gasteiger partial charge in [0.2, 0.25) is 0 Å². The first kappa shape index (κ1) is 16.1. The summed E-state index contributed by atoms with van der Waals surface area (Å²) in [7, 11) is 0. The molecule has 0 saturated carbocycles. The molecule has 2 aromatic rings. The molecule has 114 valence electrons. The van der Waals surface area contributed by atoms with E-state index in [1.807, 2.05) is 18.2 Å². The molecule has 1 heterocycles. The minimum absolute atomic E-state index is 0.200. The van der Waals surface area contributed by atoms with Crippen molar-refractivity contribution in [3.05, 3.63) is 35.2 Å². The Morgan fingerprint density at radius 2 is 2.14 bits per heavy atom. The summed E-state index contributed by atoms with van der Waals surface area (Å²) in [5.41, 5.74) is 1.01. The fraction of sp³-hybridized carbons (Fsp3) is 0.312. The number of carbonyl (C=O) groups excluding carboxylic acids is 1. The average molecular weight is 318 g/mol. The van der Waals surface area contributed by atoms with Gasteiger partial charge in [0.25, 0.3) is 0 Å². The predicted octanol–water partition coefficient (Wildman–Crippen LogP) is 3.16. The van der Waals surface area contributed by atoms with Crippen LogP contribution in [0.5, 0.6) is 0 Å². The molecule has 1 aromatic heterocycles. The van der Waals surface area contributed by atoms with Gasteiger partial charge in [-0.05, 0) is 39.0 Å². The van der Waals surface area contributed by atoms with Crippen LogP contribution in [-0.2, 0) is 4.74 Å². The summed E-state index contributed by atoms with van der Waals surface area (Å²) in [5, 5.41) is 3.71. The number of hydrogen-bond donors (Lipinski definition) is 1. The highest BCUT2D eigenvalue weighted by molar-refractivity contribution is 6.34. The lowest BCUT2D eigenvalue weighted by atomic mass is 10.1. The number of hydrogen-bond acceptors (Lipinski definition) is 4. The zero-order valence-electron chi connectivity index (χ0n) is 12.6. The molecule has 0 aliphatic carbocycles. The molecule has 1 N–H and O–H groups in total. The van der Waals surface area contributed by atoms with Crippen LogP contribution in [0.1, 0.15) is 26.3 Å². The van der Waals surface area contributed by atoms with E-state index in [1.165, 1.54) is 6.33 Å². The van der Waals surface area contributed by atoms with Gasteiger partial charge in [-0.2, -0.15) is 0 Å². The number of aromatic nitrogens is 2. The zero-order valence-corrected chi connectivity index (χ0v) is 13.4. The van der Waals surface area contributed by atoms with Crippen LogP contribution in [0.25, 0.3) is 10.9 Å². The van der Waals surface area contributed by atoms with Gasteiger partial charge in [-0.25, -0.2) is 14.8 Å². The first-order valence-corrected chi connectivity index (χ1v) is 7.09. The van der Waals surface area contributed by atoms with Crippen molar-refractivity contribution in [2.24, 2.45) is 0 Å². The Morgan fingerprint density at radius 1 is 1.36 bits per heavy atom. The molecular weight excluding hydrogens is 302 g/mol. The quantitative estimate of drug-likeness (QED) is 0.648. The molecule has 0 unspecified atom stereocenters. The van der Waals surface area contributed by atoms with Crippen LogP contribution in [0, 0.1) is 11.8 Å². The molecule has 0 fully saturated rings. The second kappa shape index (κ2) is 6.63. The lowest BCUT2D eigenvalue weighted by molar-refractivity contribution is 0.0535. The molecule has 22 heavy (non-hydrogen) atoms. The summed E-state index contributed by atoms with van der Waals surface area (Å²) < 4.78 is 5.11. The fourth-order valence-electron chi connectivity index (χ4n) is 1.68. The number of fused-ring (bicyclic) bond motifs is 1. The third kappa shape index (κ3) is 4.61. The third-order valence-corrected chi connectivity index (χ3v) is 2.84. The van der Waals surface area contributed by atoms with Crippen LogP contribution < -0.4 is 5.32 Å². The van der Waals surface area contributed by atoms with E-state index in [2.05, 4.69) is 27.1 Å². The van der Waals surface area contributed by atoms with E-state index < -0.39 is 11.7 Å². The summed E-state index contributed by atoms with van der Waals surface area (Å²) >= 11 is 6.02. The highest BCUT2D eigenvalue weighted by Crippen LogP contribution is 2.19. The number of halogens is 1. The smallest absolute Gasteiger partial charge is 0.408 e. The zero-order chi connectivity index (χ0) is 16.2. The summed E-state index contributed by atoms with van der Waals surface area (Å²) in [6.45, 7) is 5.61.